The van der Waals surface area contributed by atoms with Crippen LogP contribution in [0.3, 0.4) is 0 Å². The third kappa shape index (κ3) is 7.97. The maximum Gasteiger partial charge on any atom is 0.531 e. The molecule has 0 aromatic rings. The highest BCUT2D eigenvalue weighted by atomic mass is 31.2. The molecule has 0 rings (SSSR count). The average Bonchev–Trinajstić information content (AvgIpc) is 1.69. The molecular formula is C4H4BF6O4P. The Kier molecular flexibility index (Phi) is 4.87. The minimum atomic E-state index is -5.89. The van der Waals surface area contributed by atoms with E-state index in [0.29, 0.717) is 0 Å². The van der Waals surface area contributed by atoms with Crippen molar-refractivity contribution < 1.29 is 44.5 Å². The van der Waals surface area contributed by atoms with Gasteiger partial charge in [-0.25, -0.2) is 4.57 Å². The number of hydrogen-bond donors (Lipinski definition) is 0. The van der Waals surface area contributed by atoms with Gasteiger partial charge in [-0.2, -0.15) is 9.05 Å². The molecule has 0 bridgehead atoms. The Balaban J connectivity index is 4.83. The molecule has 0 aromatic carbocycles. The van der Waals surface area contributed by atoms with E-state index in [0.717, 1.165) is 6.92 Å². The van der Waals surface area contributed by atoms with Crippen LogP contribution in [-0.2, 0) is 18.1 Å². The molecule has 0 amide bonds. The van der Waals surface area contributed by atoms with Crippen LogP contribution in [-0.4, -0.2) is 26.6 Å². The molecule has 0 fully saturated rings. The Bertz CT molecular complexity index is 255. The van der Waals surface area contributed by atoms with E-state index in [4.69, 9.17) is 7.85 Å². The highest BCUT2D eigenvalue weighted by molar-refractivity contribution is 7.48. The molecule has 4 nitrogen and oxygen atoms in total. The summed E-state index contributed by atoms with van der Waals surface area (Å²) in [4.78, 5) is 0. The van der Waals surface area contributed by atoms with Crippen molar-refractivity contribution in [3.63, 3.8) is 0 Å². The SMILES string of the molecule is [B]C(C)OP(=O)(OC(F)(F)F)OC(F)(F)F. The van der Waals surface area contributed by atoms with E-state index in [-0.39, 0.29) is 0 Å². The summed E-state index contributed by atoms with van der Waals surface area (Å²) in [5, 5.41) is 0. The van der Waals surface area contributed by atoms with Crippen LogP contribution in [0.15, 0.2) is 0 Å². The first-order valence-corrected chi connectivity index (χ1v) is 4.88. The zero-order valence-electron chi connectivity index (χ0n) is 7.50. The summed E-state index contributed by atoms with van der Waals surface area (Å²) in [7, 11) is -1.17. The zero-order valence-corrected chi connectivity index (χ0v) is 8.40. The summed E-state index contributed by atoms with van der Waals surface area (Å²) >= 11 is 0. The quantitative estimate of drug-likeness (QED) is 0.448. The van der Waals surface area contributed by atoms with E-state index in [9.17, 15) is 30.9 Å². The van der Waals surface area contributed by atoms with Crippen LogP contribution in [0.25, 0.3) is 0 Å². The average molecular weight is 272 g/mol. The van der Waals surface area contributed by atoms with Crippen molar-refractivity contribution in [3.05, 3.63) is 0 Å². The normalized spacial score (nSPS) is 16.2. The molecule has 2 radical (unpaired) electrons. The molecule has 94 valence electrons. The largest absolute Gasteiger partial charge is 0.531 e. The number of alkyl halides is 6. The molecule has 1 atom stereocenters. The molecule has 0 saturated carbocycles. The topological polar surface area (TPSA) is 44.8 Å². The second-order valence-electron chi connectivity index (χ2n) is 2.33. The number of phosphoric acid groups is 1. The van der Waals surface area contributed by atoms with Gasteiger partial charge in [0, 0.05) is 6.00 Å². The summed E-state index contributed by atoms with van der Waals surface area (Å²) in [6.07, 6.45) is -11.3. The Morgan fingerprint density at radius 1 is 1.06 bits per heavy atom. The van der Waals surface area contributed by atoms with Crippen LogP contribution < -0.4 is 0 Å². The molecule has 0 aromatic heterocycles. The van der Waals surface area contributed by atoms with E-state index in [1.807, 2.05) is 0 Å². The van der Waals surface area contributed by atoms with Gasteiger partial charge in [-0.1, -0.05) is 0 Å². The van der Waals surface area contributed by atoms with E-state index >= 15 is 0 Å². The number of halogens is 6. The van der Waals surface area contributed by atoms with Gasteiger partial charge < -0.3 is 0 Å². The van der Waals surface area contributed by atoms with Crippen LogP contribution in [0.5, 0.6) is 0 Å². The molecule has 0 aliphatic heterocycles. The van der Waals surface area contributed by atoms with Crippen molar-refractivity contribution in [2.45, 2.75) is 25.7 Å². The second-order valence-corrected chi connectivity index (χ2v) is 3.80. The van der Waals surface area contributed by atoms with Crippen LogP contribution in [0.1, 0.15) is 6.92 Å². The van der Waals surface area contributed by atoms with E-state index in [2.05, 4.69) is 13.6 Å². The van der Waals surface area contributed by atoms with Crippen LogP contribution >= 0.6 is 7.82 Å². The molecule has 12 heteroatoms. The monoisotopic (exact) mass is 272 g/mol. The van der Waals surface area contributed by atoms with Crippen molar-refractivity contribution in [1.82, 2.24) is 0 Å². The fraction of sp³-hybridized carbons (Fsp3) is 1.00. The summed E-state index contributed by atoms with van der Waals surface area (Å²) in [6, 6.07) is -1.71. The van der Waals surface area contributed by atoms with Crippen LogP contribution in [0.4, 0.5) is 26.3 Å². The van der Waals surface area contributed by atoms with Crippen molar-refractivity contribution >= 4 is 15.7 Å². The maximum atomic E-state index is 11.6. The number of rotatable bonds is 4. The van der Waals surface area contributed by atoms with Gasteiger partial charge in [0.1, 0.15) is 7.85 Å². The van der Waals surface area contributed by atoms with Gasteiger partial charge in [-0.3, -0.25) is 4.52 Å². The smallest absolute Gasteiger partial charge is 0.294 e. The van der Waals surface area contributed by atoms with Gasteiger partial charge in [0.05, 0.1) is 0 Å². The predicted octanol–water partition coefficient (Wildman–Crippen LogP) is 2.70. The summed E-state index contributed by atoms with van der Waals surface area (Å²) < 4.78 is 89.4. The number of hydrogen-bond acceptors (Lipinski definition) is 4. The summed E-state index contributed by atoms with van der Waals surface area (Å²) in [6.45, 7) is 0.839. The lowest BCUT2D eigenvalue weighted by Gasteiger charge is -2.21. The Labute approximate surface area is 86.9 Å². The molecular weight excluding hydrogens is 268 g/mol. The third-order valence-electron chi connectivity index (χ3n) is 0.726. The highest BCUT2D eigenvalue weighted by Gasteiger charge is 2.50. The maximum absolute atomic E-state index is 11.6. The fourth-order valence-corrected chi connectivity index (χ4v) is 1.56. The lowest BCUT2D eigenvalue weighted by molar-refractivity contribution is -0.315. The van der Waals surface area contributed by atoms with Crippen molar-refractivity contribution in [2.75, 3.05) is 0 Å². The summed E-state index contributed by atoms with van der Waals surface area (Å²) in [5.41, 5.74) is 0. The van der Waals surface area contributed by atoms with Crippen LogP contribution in [0, 0.1) is 0 Å². The molecule has 1 unspecified atom stereocenters. The Morgan fingerprint density at radius 3 is 1.56 bits per heavy atom. The van der Waals surface area contributed by atoms with E-state index in [1.165, 1.54) is 0 Å². The van der Waals surface area contributed by atoms with Gasteiger partial charge in [-0.15, -0.1) is 26.3 Å². The Hall–Kier alpha value is -0.245. The van der Waals surface area contributed by atoms with Crippen molar-refractivity contribution in [3.8, 4) is 0 Å². The lowest BCUT2D eigenvalue weighted by atomic mass is 10.0. The second kappa shape index (κ2) is 4.95. The molecule has 0 aliphatic rings. The highest BCUT2D eigenvalue weighted by Crippen LogP contribution is 2.57. The van der Waals surface area contributed by atoms with Gasteiger partial charge >= 0.3 is 20.5 Å². The fourth-order valence-electron chi connectivity index (χ4n) is 0.519. The first-order chi connectivity index (χ1) is 6.83. The molecule has 0 saturated heterocycles. The minimum Gasteiger partial charge on any atom is -0.294 e. The summed E-state index contributed by atoms with van der Waals surface area (Å²) in [5.74, 6) is 0. The van der Waals surface area contributed by atoms with E-state index < -0.39 is 26.6 Å². The van der Waals surface area contributed by atoms with Gasteiger partial charge in [0.25, 0.3) is 0 Å². The molecule has 0 N–H and O–H groups in total. The first kappa shape index (κ1) is 15.8. The van der Waals surface area contributed by atoms with E-state index in [1.54, 1.807) is 0 Å². The standard InChI is InChI=1S/C4H4BF6O4P/c1-2(5)13-16(12,14-3(6,7)8)15-4(9,10)11/h2H,1H3. The molecule has 16 heavy (non-hydrogen) atoms. The van der Waals surface area contributed by atoms with Gasteiger partial charge in [-0.05, 0) is 6.92 Å². The third-order valence-corrected chi connectivity index (χ3v) is 2.18. The van der Waals surface area contributed by atoms with Gasteiger partial charge in [0.15, 0.2) is 0 Å². The Morgan fingerprint density at radius 2 is 1.38 bits per heavy atom. The van der Waals surface area contributed by atoms with Gasteiger partial charge in [0.2, 0.25) is 0 Å². The first-order valence-electron chi connectivity index (χ1n) is 3.42. The van der Waals surface area contributed by atoms with Crippen molar-refractivity contribution in [2.24, 2.45) is 0 Å². The lowest BCUT2D eigenvalue weighted by Crippen LogP contribution is -2.21. The van der Waals surface area contributed by atoms with Crippen molar-refractivity contribution in [1.29, 1.82) is 0 Å². The number of phosphoric ester groups is 1. The molecule has 0 aliphatic carbocycles. The molecule has 0 heterocycles. The molecule has 0 spiro atoms. The predicted molar refractivity (Wildman–Crippen MR) is 38.2 cm³/mol. The van der Waals surface area contributed by atoms with Crippen LogP contribution in [0.2, 0.25) is 0 Å². The minimum absolute atomic E-state index is 0.839. The zero-order chi connectivity index (χ0) is 13.2.